The van der Waals surface area contributed by atoms with Crippen molar-refractivity contribution in [1.29, 1.82) is 0 Å². The van der Waals surface area contributed by atoms with Gasteiger partial charge in [-0.2, -0.15) is 0 Å². The van der Waals surface area contributed by atoms with Crippen molar-refractivity contribution < 1.29 is 17.9 Å². The van der Waals surface area contributed by atoms with Gasteiger partial charge in [-0.1, -0.05) is 34.1 Å². The van der Waals surface area contributed by atoms with E-state index >= 15 is 0 Å². The third-order valence-electron chi connectivity index (χ3n) is 4.87. The highest BCUT2D eigenvalue weighted by molar-refractivity contribution is 9.10. The highest BCUT2D eigenvalue weighted by Gasteiger charge is 2.27. The monoisotopic (exact) mass is 516 g/mol. The molecular formula is C24H25BrN2O4S. The molecule has 3 rings (SSSR count). The van der Waals surface area contributed by atoms with Crippen LogP contribution >= 0.6 is 15.9 Å². The minimum Gasteiger partial charge on any atom is -0.494 e. The zero-order valence-electron chi connectivity index (χ0n) is 18.1. The van der Waals surface area contributed by atoms with E-state index < -0.39 is 15.9 Å². The molecule has 0 bridgehead atoms. The maximum atomic E-state index is 13.5. The molecule has 0 heterocycles. The summed E-state index contributed by atoms with van der Waals surface area (Å²) in [6, 6.07) is 18.6. The summed E-state index contributed by atoms with van der Waals surface area (Å²) in [6.07, 6.45) is 0. The van der Waals surface area contributed by atoms with Crippen LogP contribution in [-0.4, -0.2) is 27.5 Å². The van der Waals surface area contributed by atoms with Crippen LogP contribution in [0.1, 0.15) is 18.1 Å². The molecule has 0 radical (unpaired) electrons. The highest BCUT2D eigenvalue weighted by atomic mass is 79.9. The lowest BCUT2D eigenvalue weighted by Gasteiger charge is -2.25. The first-order chi connectivity index (χ1) is 15.2. The van der Waals surface area contributed by atoms with E-state index in [0.29, 0.717) is 23.7 Å². The van der Waals surface area contributed by atoms with Gasteiger partial charge in [-0.25, -0.2) is 8.42 Å². The Bertz CT molecular complexity index is 1170. The molecule has 0 fully saturated rings. The molecule has 0 unspecified atom stereocenters. The minimum absolute atomic E-state index is 0.0921. The number of amides is 1. The van der Waals surface area contributed by atoms with Crippen molar-refractivity contribution in [2.45, 2.75) is 25.7 Å². The molecule has 0 spiro atoms. The van der Waals surface area contributed by atoms with Crippen molar-refractivity contribution >= 4 is 43.2 Å². The van der Waals surface area contributed by atoms with Gasteiger partial charge >= 0.3 is 0 Å². The van der Waals surface area contributed by atoms with E-state index in [2.05, 4.69) is 21.2 Å². The average Bonchev–Trinajstić information content (AvgIpc) is 2.76. The van der Waals surface area contributed by atoms with Crippen LogP contribution in [0, 0.1) is 13.8 Å². The zero-order valence-corrected chi connectivity index (χ0v) is 20.5. The number of para-hydroxylation sites is 1. The number of benzene rings is 3. The van der Waals surface area contributed by atoms with Gasteiger partial charge in [-0.05, 0) is 80.4 Å². The SMILES string of the molecule is CCOc1ccc(N(CC(=O)Nc2c(C)cccc2C)S(=O)(=O)c2ccc(Br)cc2)cc1. The van der Waals surface area contributed by atoms with E-state index in [1.165, 1.54) is 12.1 Å². The first kappa shape index (κ1) is 23.8. The molecule has 3 aromatic carbocycles. The van der Waals surface area contributed by atoms with Crippen LogP contribution in [0.4, 0.5) is 11.4 Å². The standard InChI is InChI=1S/C24H25BrN2O4S/c1-4-31-21-12-10-20(11-13-21)27(32(29,30)22-14-8-19(25)9-15-22)16-23(28)26-24-17(2)6-5-7-18(24)3/h5-15H,4,16H2,1-3H3,(H,26,28). The van der Waals surface area contributed by atoms with Crippen LogP contribution in [0.2, 0.25) is 0 Å². The van der Waals surface area contributed by atoms with E-state index in [1.807, 2.05) is 39.0 Å². The Morgan fingerprint density at radius 3 is 2.12 bits per heavy atom. The second kappa shape index (κ2) is 10.2. The summed E-state index contributed by atoms with van der Waals surface area (Å²) in [5.74, 6) is 0.189. The lowest BCUT2D eigenvalue weighted by molar-refractivity contribution is -0.114. The van der Waals surface area contributed by atoms with Crippen LogP contribution in [0.15, 0.2) is 76.1 Å². The van der Waals surface area contributed by atoms with E-state index in [4.69, 9.17) is 4.74 Å². The Balaban J connectivity index is 1.96. The molecular weight excluding hydrogens is 492 g/mol. The number of rotatable bonds is 8. The summed E-state index contributed by atoms with van der Waals surface area (Å²) in [7, 11) is -3.99. The molecule has 6 nitrogen and oxygen atoms in total. The first-order valence-electron chi connectivity index (χ1n) is 10.1. The molecule has 0 aliphatic heterocycles. The van der Waals surface area contributed by atoms with E-state index in [1.54, 1.807) is 36.4 Å². The molecule has 3 aromatic rings. The van der Waals surface area contributed by atoms with Gasteiger partial charge in [0, 0.05) is 10.2 Å². The lowest BCUT2D eigenvalue weighted by Crippen LogP contribution is -2.38. The third-order valence-corrected chi connectivity index (χ3v) is 7.19. The van der Waals surface area contributed by atoms with Crippen LogP contribution in [0.3, 0.4) is 0 Å². The minimum atomic E-state index is -3.99. The number of nitrogens with one attached hydrogen (secondary N) is 1. The second-order valence-electron chi connectivity index (χ2n) is 7.21. The maximum Gasteiger partial charge on any atom is 0.264 e. The fraction of sp³-hybridized carbons (Fsp3) is 0.208. The molecule has 0 aliphatic rings. The Morgan fingerprint density at radius 1 is 0.969 bits per heavy atom. The van der Waals surface area contributed by atoms with Crippen molar-refractivity contribution in [3.63, 3.8) is 0 Å². The van der Waals surface area contributed by atoms with Gasteiger partial charge in [-0.15, -0.1) is 0 Å². The lowest BCUT2D eigenvalue weighted by atomic mass is 10.1. The highest BCUT2D eigenvalue weighted by Crippen LogP contribution is 2.27. The van der Waals surface area contributed by atoms with E-state index in [9.17, 15) is 13.2 Å². The number of halogens is 1. The number of anilines is 2. The average molecular weight is 517 g/mol. The van der Waals surface area contributed by atoms with Gasteiger partial charge in [0.15, 0.2) is 0 Å². The van der Waals surface area contributed by atoms with Gasteiger partial charge in [0.2, 0.25) is 5.91 Å². The van der Waals surface area contributed by atoms with Gasteiger partial charge in [0.05, 0.1) is 17.2 Å². The molecule has 0 aliphatic carbocycles. The second-order valence-corrected chi connectivity index (χ2v) is 9.99. The maximum absolute atomic E-state index is 13.5. The number of nitrogens with zero attached hydrogens (tertiary/aromatic N) is 1. The predicted molar refractivity (Wildman–Crippen MR) is 131 cm³/mol. The molecule has 1 amide bonds. The number of carbonyl (C=O) groups is 1. The van der Waals surface area contributed by atoms with Crippen molar-refractivity contribution in [3.05, 3.63) is 82.3 Å². The predicted octanol–water partition coefficient (Wildman–Crippen LogP) is 5.30. The van der Waals surface area contributed by atoms with E-state index in [0.717, 1.165) is 19.9 Å². The number of hydrogen-bond donors (Lipinski definition) is 1. The molecule has 0 saturated heterocycles. The topological polar surface area (TPSA) is 75.7 Å². The number of sulfonamides is 1. The van der Waals surface area contributed by atoms with Gasteiger partial charge in [0.25, 0.3) is 10.0 Å². The molecule has 0 saturated carbocycles. The van der Waals surface area contributed by atoms with Crippen molar-refractivity contribution in [1.82, 2.24) is 0 Å². The Hall–Kier alpha value is -2.84. The van der Waals surface area contributed by atoms with Gasteiger partial charge in [-0.3, -0.25) is 9.10 Å². The van der Waals surface area contributed by atoms with Crippen LogP contribution in [0.25, 0.3) is 0 Å². The van der Waals surface area contributed by atoms with Crippen LogP contribution in [0.5, 0.6) is 5.75 Å². The fourth-order valence-electron chi connectivity index (χ4n) is 3.25. The molecule has 0 aromatic heterocycles. The largest absolute Gasteiger partial charge is 0.494 e. The molecule has 1 N–H and O–H groups in total. The fourth-order valence-corrected chi connectivity index (χ4v) is 4.93. The quantitative estimate of drug-likeness (QED) is 0.440. The van der Waals surface area contributed by atoms with Crippen LogP contribution < -0.4 is 14.4 Å². The number of aryl methyl sites for hydroxylation is 2. The summed E-state index contributed by atoms with van der Waals surface area (Å²) >= 11 is 3.32. The Labute approximate surface area is 197 Å². The van der Waals surface area contributed by atoms with Crippen molar-refractivity contribution in [2.24, 2.45) is 0 Å². The Kier molecular flexibility index (Phi) is 7.58. The molecule has 32 heavy (non-hydrogen) atoms. The molecule has 168 valence electrons. The summed E-state index contributed by atoms with van der Waals surface area (Å²) in [5.41, 5.74) is 2.86. The normalized spacial score (nSPS) is 11.1. The summed E-state index contributed by atoms with van der Waals surface area (Å²) in [6.45, 7) is 5.78. The Morgan fingerprint density at radius 2 is 1.56 bits per heavy atom. The number of hydrogen-bond acceptors (Lipinski definition) is 4. The zero-order chi connectivity index (χ0) is 23.3. The number of ether oxygens (including phenoxy) is 1. The van der Waals surface area contributed by atoms with Gasteiger partial charge < -0.3 is 10.1 Å². The van der Waals surface area contributed by atoms with Crippen molar-refractivity contribution in [3.8, 4) is 5.75 Å². The third kappa shape index (κ3) is 5.49. The summed E-state index contributed by atoms with van der Waals surface area (Å²) in [5, 5.41) is 2.87. The summed E-state index contributed by atoms with van der Waals surface area (Å²) < 4.78 is 34.3. The molecule has 8 heteroatoms. The smallest absolute Gasteiger partial charge is 0.264 e. The molecule has 0 atom stereocenters. The first-order valence-corrected chi connectivity index (χ1v) is 12.3. The van der Waals surface area contributed by atoms with Crippen molar-refractivity contribution in [2.75, 3.05) is 22.8 Å². The van der Waals surface area contributed by atoms with Crippen LogP contribution in [-0.2, 0) is 14.8 Å². The van der Waals surface area contributed by atoms with E-state index in [-0.39, 0.29) is 11.4 Å². The van der Waals surface area contributed by atoms with Gasteiger partial charge in [0.1, 0.15) is 12.3 Å². The summed E-state index contributed by atoms with van der Waals surface area (Å²) in [4.78, 5) is 13.0. The number of carbonyl (C=O) groups excluding carboxylic acids is 1.